The van der Waals surface area contributed by atoms with Gasteiger partial charge in [0.2, 0.25) is 0 Å². The molecular weight excluding hydrogens is 202 g/mol. The van der Waals surface area contributed by atoms with Crippen LogP contribution in [0.5, 0.6) is 0 Å². The third-order valence-electron chi connectivity index (χ3n) is 2.95. The van der Waals surface area contributed by atoms with Crippen LogP contribution in [0.3, 0.4) is 0 Å². The molecule has 1 aliphatic heterocycles. The molecule has 1 unspecified atom stereocenters. The Morgan fingerprint density at radius 2 is 2.44 bits per heavy atom. The Morgan fingerprint density at radius 1 is 1.56 bits per heavy atom. The molecule has 2 rings (SSSR count). The van der Waals surface area contributed by atoms with Gasteiger partial charge in [0, 0.05) is 24.5 Å². The van der Waals surface area contributed by atoms with Gasteiger partial charge in [-0.05, 0) is 25.2 Å². The number of likely N-dealkylation sites (N-methyl/N-ethyl adjacent to an activating group) is 1. The highest BCUT2D eigenvalue weighted by atomic mass is 16.5. The number of benzene rings is 1. The van der Waals surface area contributed by atoms with Crippen molar-refractivity contribution in [1.29, 1.82) is 0 Å². The Hall–Kier alpha value is -1.26. The zero-order valence-corrected chi connectivity index (χ0v) is 9.65. The van der Waals surface area contributed by atoms with Crippen molar-refractivity contribution in [2.45, 2.75) is 6.04 Å². The van der Waals surface area contributed by atoms with Gasteiger partial charge in [-0.1, -0.05) is 6.07 Å². The zero-order valence-electron chi connectivity index (χ0n) is 9.65. The van der Waals surface area contributed by atoms with Crippen LogP contribution in [-0.2, 0) is 4.74 Å². The molecule has 1 aromatic rings. The van der Waals surface area contributed by atoms with Crippen LogP contribution in [0.2, 0.25) is 0 Å². The van der Waals surface area contributed by atoms with Crippen LogP contribution in [-0.4, -0.2) is 44.3 Å². The second-order valence-electron chi connectivity index (χ2n) is 4.22. The van der Waals surface area contributed by atoms with E-state index in [1.165, 1.54) is 0 Å². The van der Waals surface area contributed by atoms with Crippen LogP contribution in [0.25, 0.3) is 0 Å². The lowest BCUT2D eigenvalue weighted by atomic mass is 10.2. The van der Waals surface area contributed by atoms with Gasteiger partial charge in [0.15, 0.2) is 0 Å². The van der Waals surface area contributed by atoms with Crippen molar-refractivity contribution < 1.29 is 4.74 Å². The first-order valence-electron chi connectivity index (χ1n) is 5.63. The average Bonchev–Trinajstić information content (AvgIpc) is 2.28. The van der Waals surface area contributed by atoms with E-state index in [2.05, 4.69) is 17.3 Å². The number of nitrogens with two attached hydrogens (primary N) is 1. The molecule has 0 spiro atoms. The monoisotopic (exact) mass is 221 g/mol. The Labute approximate surface area is 96.4 Å². The summed E-state index contributed by atoms with van der Waals surface area (Å²) in [6, 6.07) is 8.26. The van der Waals surface area contributed by atoms with E-state index in [4.69, 9.17) is 10.5 Å². The van der Waals surface area contributed by atoms with Crippen LogP contribution in [0, 0.1) is 0 Å². The first-order chi connectivity index (χ1) is 7.75. The predicted molar refractivity (Wildman–Crippen MR) is 66.6 cm³/mol. The summed E-state index contributed by atoms with van der Waals surface area (Å²) in [4.78, 5) is 2.32. The van der Waals surface area contributed by atoms with Crippen LogP contribution >= 0.6 is 0 Å². The summed E-state index contributed by atoms with van der Waals surface area (Å²) < 4.78 is 5.46. The summed E-state index contributed by atoms with van der Waals surface area (Å²) in [5.41, 5.74) is 7.58. The van der Waals surface area contributed by atoms with E-state index < -0.39 is 0 Å². The van der Waals surface area contributed by atoms with Gasteiger partial charge >= 0.3 is 0 Å². The lowest BCUT2D eigenvalue weighted by Crippen LogP contribution is -2.46. The van der Waals surface area contributed by atoms with Crippen LogP contribution < -0.4 is 11.1 Å². The Balaban J connectivity index is 1.86. The molecule has 16 heavy (non-hydrogen) atoms. The second kappa shape index (κ2) is 5.18. The van der Waals surface area contributed by atoms with E-state index in [0.717, 1.165) is 37.7 Å². The summed E-state index contributed by atoms with van der Waals surface area (Å²) in [6.45, 7) is 3.53. The molecule has 0 saturated carbocycles. The number of nitrogen functional groups attached to an aromatic ring is 1. The van der Waals surface area contributed by atoms with E-state index in [0.29, 0.717) is 6.04 Å². The standard InChI is InChI=1S/C12H19N3O/c1-15-5-6-16-9-12(15)8-14-11-4-2-3-10(13)7-11/h2-4,7,12,14H,5-6,8-9,13H2,1H3. The lowest BCUT2D eigenvalue weighted by Gasteiger charge is -2.32. The third-order valence-corrected chi connectivity index (χ3v) is 2.95. The van der Waals surface area contributed by atoms with E-state index in [-0.39, 0.29) is 0 Å². The molecule has 1 fully saturated rings. The van der Waals surface area contributed by atoms with Gasteiger partial charge in [0.05, 0.1) is 19.3 Å². The minimum absolute atomic E-state index is 0.440. The molecule has 1 saturated heterocycles. The summed E-state index contributed by atoms with van der Waals surface area (Å²) in [5.74, 6) is 0. The quantitative estimate of drug-likeness (QED) is 0.748. The van der Waals surface area contributed by atoms with E-state index in [1.807, 2.05) is 24.3 Å². The topological polar surface area (TPSA) is 50.5 Å². The number of nitrogens with zero attached hydrogens (tertiary/aromatic N) is 1. The maximum atomic E-state index is 5.72. The van der Waals surface area contributed by atoms with Crippen LogP contribution in [0.4, 0.5) is 11.4 Å². The maximum absolute atomic E-state index is 5.72. The Kier molecular flexibility index (Phi) is 3.64. The van der Waals surface area contributed by atoms with E-state index in [9.17, 15) is 0 Å². The van der Waals surface area contributed by atoms with Crippen molar-refractivity contribution in [3.63, 3.8) is 0 Å². The molecule has 0 radical (unpaired) electrons. The fraction of sp³-hybridized carbons (Fsp3) is 0.500. The fourth-order valence-corrected chi connectivity index (χ4v) is 1.84. The number of nitrogens with one attached hydrogen (secondary N) is 1. The minimum atomic E-state index is 0.440. The molecule has 0 amide bonds. The molecule has 88 valence electrons. The molecular formula is C12H19N3O. The highest BCUT2D eigenvalue weighted by molar-refractivity contribution is 5.54. The van der Waals surface area contributed by atoms with Gasteiger partial charge in [-0.15, -0.1) is 0 Å². The first kappa shape index (κ1) is 11.2. The molecule has 0 bridgehead atoms. The van der Waals surface area contributed by atoms with E-state index in [1.54, 1.807) is 0 Å². The highest BCUT2D eigenvalue weighted by Gasteiger charge is 2.18. The predicted octanol–water partition coefficient (Wildman–Crippen LogP) is 1.01. The third kappa shape index (κ3) is 2.87. The average molecular weight is 221 g/mol. The van der Waals surface area contributed by atoms with Crippen LogP contribution in [0.15, 0.2) is 24.3 Å². The number of rotatable bonds is 3. The first-order valence-corrected chi connectivity index (χ1v) is 5.63. The van der Waals surface area contributed by atoms with Crippen molar-refractivity contribution in [1.82, 2.24) is 4.90 Å². The SMILES string of the molecule is CN1CCOCC1CNc1cccc(N)c1. The zero-order chi connectivity index (χ0) is 11.4. The molecule has 1 aromatic carbocycles. The van der Waals surface area contributed by atoms with Gasteiger partial charge < -0.3 is 15.8 Å². The molecule has 0 aromatic heterocycles. The normalized spacial score (nSPS) is 21.9. The number of ether oxygens (including phenoxy) is 1. The Morgan fingerprint density at radius 3 is 3.19 bits per heavy atom. The van der Waals surface area contributed by atoms with Crippen molar-refractivity contribution >= 4 is 11.4 Å². The maximum Gasteiger partial charge on any atom is 0.0639 e. The smallest absolute Gasteiger partial charge is 0.0639 e. The largest absolute Gasteiger partial charge is 0.399 e. The van der Waals surface area contributed by atoms with Gasteiger partial charge in [0.25, 0.3) is 0 Å². The summed E-state index contributed by atoms with van der Waals surface area (Å²) >= 11 is 0. The van der Waals surface area contributed by atoms with Gasteiger partial charge in [-0.25, -0.2) is 0 Å². The molecule has 1 atom stereocenters. The van der Waals surface area contributed by atoms with Gasteiger partial charge in [0.1, 0.15) is 0 Å². The van der Waals surface area contributed by atoms with Crippen molar-refractivity contribution in [3.8, 4) is 0 Å². The van der Waals surface area contributed by atoms with Crippen molar-refractivity contribution in [2.75, 3.05) is 44.4 Å². The fourth-order valence-electron chi connectivity index (χ4n) is 1.84. The molecule has 1 heterocycles. The molecule has 3 N–H and O–H groups in total. The second-order valence-corrected chi connectivity index (χ2v) is 4.22. The number of hydrogen-bond acceptors (Lipinski definition) is 4. The van der Waals surface area contributed by atoms with Gasteiger partial charge in [-0.2, -0.15) is 0 Å². The molecule has 4 nitrogen and oxygen atoms in total. The number of anilines is 2. The highest BCUT2D eigenvalue weighted by Crippen LogP contribution is 2.12. The van der Waals surface area contributed by atoms with Crippen LogP contribution in [0.1, 0.15) is 0 Å². The van der Waals surface area contributed by atoms with Crippen molar-refractivity contribution in [2.24, 2.45) is 0 Å². The number of morpholine rings is 1. The summed E-state index contributed by atoms with van der Waals surface area (Å²) in [7, 11) is 2.13. The summed E-state index contributed by atoms with van der Waals surface area (Å²) in [5, 5.41) is 3.38. The minimum Gasteiger partial charge on any atom is -0.399 e. The van der Waals surface area contributed by atoms with Crippen molar-refractivity contribution in [3.05, 3.63) is 24.3 Å². The lowest BCUT2D eigenvalue weighted by molar-refractivity contribution is 0.0110. The van der Waals surface area contributed by atoms with Gasteiger partial charge in [-0.3, -0.25) is 4.90 Å². The van der Waals surface area contributed by atoms with E-state index >= 15 is 0 Å². The molecule has 1 aliphatic rings. The molecule has 4 heteroatoms. The molecule has 0 aliphatic carbocycles. The number of hydrogen-bond donors (Lipinski definition) is 2. The Bertz CT molecular complexity index is 343. The summed E-state index contributed by atoms with van der Waals surface area (Å²) in [6.07, 6.45) is 0.